The molecule has 6 heteroatoms. The zero-order chi connectivity index (χ0) is 42.2. The van der Waals surface area contributed by atoms with Gasteiger partial charge in [0.2, 0.25) is 0 Å². The molecule has 2 aromatic heterocycles. The Bertz CT molecular complexity index is 2900. The molecule has 0 atom stereocenters. The minimum atomic E-state index is 0.595. The molecule has 10 rings (SSSR count). The molecule has 0 aliphatic heterocycles. The Morgan fingerprint density at radius 3 is 1.08 bits per heavy atom. The van der Waals surface area contributed by atoms with Gasteiger partial charge in [0.25, 0.3) is 0 Å². The smallest absolute Gasteiger partial charge is 0.164 e. The van der Waals surface area contributed by atoms with Crippen LogP contribution < -0.4 is 0 Å². The molecule has 6 nitrogen and oxygen atoms in total. The van der Waals surface area contributed by atoms with Gasteiger partial charge in [0.05, 0.1) is 0 Å². The van der Waals surface area contributed by atoms with Crippen molar-refractivity contribution >= 4 is 10.8 Å². The first-order valence-electron chi connectivity index (χ1n) is 20.7. The first kappa shape index (κ1) is 38.1. The van der Waals surface area contributed by atoms with Gasteiger partial charge in [0.1, 0.15) is 0 Å². The van der Waals surface area contributed by atoms with Gasteiger partial charge in [-0.1, -0.05) is 186 Å². The molecule has 0 aliphatic rings. The highest BCUT2D eigenvalue weighted by Crippen LogP contribution is 2.38. The second-order valence-corrected chi connectivity index (χ2v) is 15.8. The Labute approximate surface area is 361 Å². The van der Waals surface area contributed by atoms with Gasteiger partial charge in [-0.3, -0.25) is 0 Å². The lowest BCUT2D eigenvalue weighted by Gasteiger charge is -2.13. The lowest BCUT2D eigenvalue weighted by molar-refractivity contribution is 1.07. The van der Waals surface area contributed by atoms with Gasteiger partial charge in [-0.05, 0) is 68.0 Å². The van der Waals surface area contributed by atoms with Crippen LogP contribution in [0.15, 0.2) is 170 Å². The summed E-state index contributed by atoms with van der Waals surface area (Å²) in [6.45, 7) is 8.32. The summed E-state index contributed by atoms with van der Waals surface area (Å²) in [5.41, 5.74) is 14.2. The summed E-state index contributed by atoms with van der Waals surface area (Å²) in [4.78, 5) is 30.1. The maximum atomic E-state index is 5.06. The fourth-order valence-electron chi connectivity index (χ4n) is 7.65. The molecule has 8 aromatic carbocycles. The fourth-order valence-corrected chi connectivity index (χ4v) is 7.65. The molecular weight excluding hydrogens is 757 g/mol. The maximum Gasteiger partial charge on any atom is 0.164 e. The molecule has 0 radical (unpaired) electrons. The fraction of sp³-hybridized carbons (Fsp3) is 0.0714. The van der Waals surface area contributed by atoms with Crippen molar-refractivity contribution in [1.29, 1.82) is 0 Å². The third-order valence-corrected chi connectivity index (χ3v) is 11.1. The van der Waals surface area contributed by atoms with Gasteiger partial charge in [0.15, 0.2) is 34.9 Å². The van der Waals surface area contributed by atoms with Gasteiger partial charge in [-0.15, -0.1) is 0 Å². The average molecular weight is 797 g/mol. The van der Waals surface area contributed by atoms with E-state index in [9.17, 15) is 0 Å². The third-order valence-electron chi connectivity index (χ3n) is 11.1. The van der Waals surface area contributed by atoms with Crippen LogP contribution in [0, 0.1) is 39.8 Å². The molecular formula is C56H40N6. The van der Waals surface area contributed by atoms with Gasteiger partial charge < -0.3 is 0 Å². The topological polar surface area (TPSA) is 77.3 Å². The normalized spacial score (nSPS) is 11.1. The number of aromatic nitrogens is 6. The molecule has 0 bridgehead atoms. The van der Waals surface area contributed by atoms with E-state index in [4.69, 9.17) is 29.9 Å². The van der Waals surface area contributed by atoms with Crippen molar-refractivity contribution in [3.05, 3.63) is 204 Å². The summed E-state index contributed by atoms with van der Waals surface area (Å²) < 4.78 is 0. The van der Waals surface area contributed by atoms with Crippen LogP contribution in [-0.4, -0.2) is 29.9 Å². The van der Waals surface area contributed by atoms with Crippen molar-refractivity contribution < 1.29 is 0 Å². The van der Waals surface area contributed by atoms with E-state index in [-0.39, 0.29) is 0 Å². The van der Waals surface area contributed by atoms with Crippen LogP contribution in [0.3, 0.4) is 0 Å². The second kappa shape index (κ2) is 16.1. The second-order valence-electron chi connectivity index (χ2n) is 15.8. The minimum Gasteiger partial charge on any atom is -0.208 e. The highest BCUT2D eigenvalue weighted by atomic mass is 15.0. The van der Waals surface area contributed by atoms with Gasteiger partial charge in [0, 0.05) is 44.3 Å². The van der Waals surface area contributed by atoms with Crippen LogP contribution in [0.25, 0.3) is 101 Å². The Morgan fingerprint density at radius 1 is 0.323 bits per heavy atom. The number of benzene rings is 7. The number of hydrogen-bond acceptors (Lipinski definition) is 6. The predicted molar refractivity (Wildman–Crippen MR) is 251 cm³/mol. The lowest BCUT2D eigenvalue weighted by atomic mass is 9.91. The largest absolute Gasteiger partial charge is 0.208 e. The lowest BCUT2D eigenvalue weighted by Crippen LogP contribution is -2.00. The zero-order valence-electron chi connectivity index (χ0n) is 34.8. The number of hydrogen-bond donors (Lipinski definition) is 0. The van der Waals surface area contributed by atoms with Gasteiger partial charge >= 0.3 is 0 Å². The van der Waals surface area contributed by atoms with Crippen LogP contribution in [0.5, 0.6) is 0 Å². The van der Waals surface area contributed by atoms with Crippen molar-refractivity contribution in [2.24, 2.45) is 0 Å². The van der Waals surface area contributed by atoms with Crippen molar-refractivity contribution in [2.45, 2.75) is 27.7 Å². The molecule has 0 saturated carbocycles. The zero-order valence-corrected chi connectivity index (χ0v) is 34.8. The van der Waals surface area contributed by atoms with E-state index in [2.05, 4.69) is 204 Å². The maximum absolute atomic E-state index is 5.06. The van der Waals surface area contributed by atoms with E-state index in [1.165, 1.54) is 22.3 Å². The first-order valence-corrected chi connectivity index (χ1v) is 20.7. The molecule has 0 amide bonds. The average Bonchev–Trinajstić information content (AvgIpc) is 3.32. The van der Waals surface area contributed by atoms with E-state index in [0.717, 1.165) is 66.4 Å². The summed E-state index contributed by atoms with van der Waals surface area (Å²) in [7, 11) is 0. The van der Waals surface area contributed by atoms with E-state index < -0.39 is 0 Å². The molecule has 0 N–H and O–H groups in total. The van der Waals surface area contributed by atoms with Crippen molar-refractivity contribution in [2.75, 3.05) is 0 Å². The molecule has 0 fully saturated rings. The molecule has 10 aromatic rings. The van der Waals surface area contributed by atoms with Crippen molar-refractivity contribution in [3.63, 3.8) is 0 Å². The molecule has 62 heavy (non-hydrogen) atoms. The quantitative estimate of drug-likeness (QED) is 0.152. The molecule has 0 saturated heterocycles. The Morgan fingerprint density at radius 2 is 0.661 bits per heavy atom. The summed E-state index contributed by atoms with van der Waals surface area (Å²) in [6.07, 6.45) is 0. The molecule has 0 unspecified atom stereocenters. The van der Waals surface area contributed by atoms with E-state index in [1.807, 2.05) is 6.07 Å². The van der Waals surface area contributed by atoms with Crippen LogP contribution in [0.1, 0.15) is 22.3 Å². The molecule has 294 valence electrons. The molecule has 0 spiro atoms. The third kappa shape index (κ3) is 7.72. The van der Waals surface area contributed by atoms with Crippen LogP contribution in [-0.2, 0) is 0 Å². The van der Waals surface area contributed by atoms with E-state index >= 15 is 0 Å². The summed E-state index contributed by atoms with van der Waals surface area (Å²) in [6, 6.07) is 65.2. The monoisotopic (exact) mass is 796 g/mol. The Hall–Kier alpha value is -8.14. The number of aryl methyl sites for hydroxylation is 4. The summed E-state index contributed by atoms with van der Waals surface area (Å²) in [5.74, 6) is 3.70. The number of fused-ring (bicyclic) bond motifs is 1. The molecule has 2 heterocycles. The predicted octanol–water partition coefficient (Wildman–Crippen LogP) is 13.4. The van der Waals surface area contributed by atoms with Crippen molar-refractivity contribution in [1.82, 2.24) is 29.9 Å². The highest BCUT2D eigenvalue weighted by molar-refractivity contribution is 6.06. The van der Waals surface area contributed by atoms with E-state index in [1.54, 1.807) is 0 Å². The summed E-state index contributed by atoms with van der Waals surface area (Å²) >= 11 is 0. The molecule has 0 aliphatic carbocycles. The standard InChI is InChI=1S/C56H40N6/c1-35-17-25-40(26-18-35)51-57-52(41-27-19-36(2)20-28-41)60-55(59-51)46-13-5-11-44(33-46)48-15-7-9-39-10-8-16-49(50(39)48)45-12-6-14-47(34-45)56-61-53(42-29-21-37(3)22-30-42)58-54(62-56)43-31-23-38(4)24-32-43/h5-7,9-15,17-34H,1-4H3. The van der Waals surface area contributed by atoms with Crippen LogP contribution >= 0.6 is 0 Å². The summed E-state index contributed by atoms with van der Waals surface area (Å²) in [5, 5.41) is 2.12. The van der Waals surface area contributed by atoms with Crippen LogP contribution in [0.2, 0.25) is 0 Å². The number of nitrogens with zero attached hydrogens (tertiary/aromatic N) is 6. The Kier molecular flexibility index (Phi) is 9.91. The van der Waals surface area contributed by atoms with Crippen molar-refractivity contribution in [3.8, 4) is 90.6 Å². The first-order chi connectivity index (χ1) is 30.3. The van der Waals surface area contributed by atoms with Gasteiger partial charge in [-0.2, -0.15) is 0 Å². The highest BCUT2D eigenvalue weighted by Gasteiger charge is 2.17. The SMILES string of the molecule is Cc1ccc(-c2nc(-c3ccc(C)cc3)nc(-c3cccc(-c4c#ccc5cccc(-c6cccc(-c7nc(-c8ccc(C)cc8)nc(-c8ccc(C)cc8)n7)c6)c45)c3)n2)cc1. The van der Waals surface area contributed by atoms with E-state index in [0.29, 0.717) is 34.9 Å². The van der Waals surface area contributed by atoms with Gasteiger partial charge in [-0.25, -0.2) is 29.9 Å². The Balaban J connectivity index is 1.08. The van der Waals surface area contributed by atoms with Crippen LogP contribution in [0.4, 0.5) is 0 Å². The number of rotatable bonds is 8. The minimum absolute atomic E-state index is 0.595.